The second-order valence-electron chi connectivity index (χ2n) is 5.21. The summed E-state index contributed by atoms with van der Waals surface area (Å²) in [4.78, 5) is 24.9. The first-order valence-electron chi connectivity index (χ1n) is 7.05. The maximum Gasteiger partial charge on any atom is 0.162 e. The minimum atomic E-state index is 0.225. The number of likely N-dealkylation sites (tertiary alicyclic amines) is 1. The van der Waals surface area contributed by atoms with E-state index >= 15 is 0 Å². The fourth-order valence-electron chi connectivity index (χ4n) is 2.54. The Balaban J connectivity index is 1.67. The van der Waals surface area contributed by atoms with Crippen LogP contribution in [0, 0.1) is 5.92 Å². The Labute approximate surface area is 114 Å². The molecule has 1 fully saturated rings. The molecule has 0 radical (unpaired) electrons. The molecule has 19 heavy (non-hydrogen) atoms. The van der Waals surface area contributed by atoms with Crippen molar-refractivity contribution in [3.63, 3.8) is 0 Å². The first-order valence-corrected chi connectivity index (χ1v) is 7.05. The Kier molecular flexibility index (Phi) is 5.28. The predicted octanol–water partition coefficient (Wildman–Crippen LogP) is 2.56. The van der Waals surface area contributed by atoms with Crippen molar-refractivity contribution < 1.29 is 9.59 Å². The molecule has 1 aromatic rings. The van der Waals surface area contributed by atoms with Crippen molar-refractivity contribution in [2.24, 2.45) is 5.92 Å². The molecule has 3 nitrogen and oxygen atoms in total. The van der Waals surface area contributed by atoms with Gasteiger partial charge in [0.25, 0.3) is 0 Å². The summed E-state index contributed by atoms with van der Waals surface area (Å²) in [6.45, 7) is 2.94. The number of benzene rings is 1. The fourth-order valence-corrected chi connectivity index (χ4v) is 2.54. The standard InChI is InChI=1S/C16H21NO2/c18-13-14-8-11-17(12-9-14)10-4-7-16(19)15-5-2-1-3-6-15/h1-3,5-6,13-14H,4,7-12H2. The summed E-state index contributed by atoms with van der Waals surface area (Å²) in [7, 11) is 0. The van der Waals surface area contributed by atoms with E-state index in [1.807, 2.05) is 30.3 Å². The molecule has 1 aromatic carbocycles. The molecule has 0 N–H and O–H groups in total. The quantitative estimate of drug-likeness (QED) is 0.582. The molecule has 1 aliphatic heterocycles. The number of hydrogen-bond donors (Lipinski definition) is 0. The Hall–Kier alpha value is -1.48. The third kappa shape index (κ3) is 4.28. The number of hydrogen-bond acceptors (Lipinski definition) is 3. The highest BCUT2D eigenvalue weighted by atomic mass is 16.1. The zero-order chi connectivity index (χ0) is 13.5. The average Bonchev–Trinajstić information content (AvgIpc) is 2.49. The van der Waals surface area contributed by atoms with E-state index in [0.29, 0.717) is 6.42 Å². The van der Waals surface area contributed by atoms with E-state index in [1.165, 1.54) is 0 Å². The number of Topliss-reactive ketones (excluding diaryl/α,β-unsaturated/α-hetero) is 1. The smallest absolute Gasteiger partial charge is 0.162 e. The Morgan fingerprint density at radius 2 is 1.89 bits per heavy atom. The lowest BCUT2D eigenvalue weighted by molar-refractivity contribution is -0.112. The molecule has 1 aliphatic rings. The topological polar surface area (TPSA) is 37.4 Å². The van der Waals surface area contributed by atoms with Crippen molar-refractivity contribution >= 4 is 12.1 Å². The lowest BCUT2D eigenvalue weighted by Crippen LogP contribution is -2.34. The summed E-state index contributed by atoms with van der Waals surface area (Å²) in [5, 5.41) is 0. The van der Waals surface area contributed by atoms with Crippen LogP contribution in [0.2, 0.25) is 0 Å². The number of piperidine rings is 1. The van der Waals surface area contributed by atoms with Gasteiger partial charge in [-0.1, -0.05) is 30.3 Å². The normalized spacial score (nSPS) is 17.3. The molecule has 0 amide bonds. The minimum Gasteiger partial charge on any atom is -0.303 e. The molecule has 2 rings (SSSR count). The average molecular weight is 259 g/mol. The van der Waals surface area contributed by atoms with Crippen LogP contribution in [-0.2, 0) is 4.79 Å². The van der Waals surface area contributed by atoms with Gasteiger partial charge in [-0.2, -0.15) is 0 Å². The fraction of sp³-hybridized carbons (Fsp3) is 0.500. The van der Waals surface area contributed by atoms with Gasteiger partial charge in [-0.25, -0.2) is 0 Å². The van der Waals surface area contributed by atoms with E-state index in [9.17, 15) is 9.59 Å². The van der Waals surface area contributed by atoms with Gasteiger partial charge in [-0.05, 0) is 38.9 Å². The second kappa shape index (κ2) is 7.19. The SMILES string of the molecule is O=CC1CCN(CCCC(=O)c2ccccc2)CC1. The van der Waals surface area contributed by atoms with E-state index in [0.717, 1.165) is 50.7 Å². The van der Waals surface area contributed by atoms with Gasteiger partial charge >= 0.3 is 0 Å². The maximum absolute atomic E-state index is 11.9. The number of rotatable bonds is 6. The van der Waals surface area contributed by atoms with Gasteiger partial charge in [0.2, 0.25) is 0 Å². The Bertz CT molecular complexity index is 408. The van der Waals surface area contributed by atoms with E-state index < -0.39 is 0 Å². The predicted molar refractivity (Wildman–Crippen MR) is 75.2 cm³/mol. The molecule has 0 atom stereocenters. The largest absolute Gasteiger partial charge is 0.303 e. The van der Waals surface area contributed by atoms with Gasteiger partial charge < -0.3 is 9.69 Å². The van der Waals surface area contributed by atoms with Gasteiger partial charge in [0.15, 0.2) is 5.78 Å². The van der Waals surface area contributed by atoms with Crippen LogP contribution < -0.4 is 0 Å². The minimum absolute atomic E-state index is 0.225. The molecule has 0 unspecified atom stereocenters. The van der Waals surface area contributed by atoms with Crippen molar-refractivity contribution in [3.8, 4) is 0 Å². The third-order valence-electron chi connectivity index (χ3n) is 3.80. The van der Waals surface area contributed by atoms with Gasteiger partial charge in [0, 0.05) is 17.9 Å². The van der Waals surface area contributed by atoms with Crippen LogP contribution in [0.5, 0.6) is 0 Å². The van der Waals surface area contributed by atoms with Crippen molar-refractivity contribution in [2.75, 3.05) is 19.6 Å². The first-order chi connectivity index (χ1) is 9.29. The molecule has 3 heteroatoms. The van der Waals surface area contributed by atoms with Crippen LogP contribution in [0.4, 0.5) is 0 Å². The second-order valence-corrected chi connectivity index (χ2v) is 5.21. The van der Waals surface area contributed by atoms with Crippen molar-refractivity contribution in [1.82, 2.24) is 4.90 Å². The molecule has 102 valence electrons. The summed E-state index contributed by atoms with van der Waals surface area (Å²) in [6.07, 6.45) is 4.53. The lowest BCUT2D eigenvalue weighted by atomic mass is 9.98. The summed E-state index contributed by atoms with van der Waals surface area (Å²) in [5.74, 6) is 0.477. The van der Waals surface area contributed by atoms with Gasteiger partial charge in [0.05, 0.1) is 0 Å². The summed E-state index contributed by atoms with van der Waals surface area (Å²) in [6, 6.07) is 9.47. The van der Waals surface area contributed by atoms with Gasteiger partial charge in [-0.3, -0.25) is 4.79 Å². The summed E-state index contributed by atoms with van der Waals surface area (Å²) < 4.78 is 0. The number of carbonyl (C=O) groups is 2. The molecule has 0 spiro atoms. The van der Waals surface area contributed by atoms with Crippen LogP contribution in [0.25, 0.3) is 0 Å². The van der Waals surface area contributed by atoms with E-state index in [4.69, 9.17) is 0 Å². The van der Waals surface area contributed by atoms with Crippen molar-refractivity contribution in [2.45, 2.75) is 25.7 Å². The number of nitrogens with zero attached hydrogens (tertiary/aromatic N) is 1. The van der Waals surface area contributed by atoms with Crippen LogP contribution in [0.3, 0.4) is 0 Å². The highest BCUT2D eigenvalue weighted by molar-refractivity contribution is 5.95. The summed E-state index contributed by atoms with van der Waals surface area (Å²) >= 11 is 0. The molecule has 0 bridgehead atoms. The van der Waals surface area contributed by atoms with E-state index in [-0.39, 0.29) is 11.7 Å². The molecular weight excluding hydrogens is 238 g/mol. The lowest BCUT2D eigenvalue weighted by Gasteiger charge is -2.29. The Morgan fingerprint density at radius 3 is 2.53 bits per heavy atom. The third-order valence-corrected chi connectivity index (χ3v) is 3.80. The molecule has 0 aliphatic carbocycles. The first kappa shape index (κ1) is 13.9. The number of carbonyl (C=O) groups excluding carboxylic acids is 2. The Morgan fingerprint density at radius 1 is 1.21 bits per heavy atom. The zero-order valence-electron chi connectivity index (χ0n) is 11.3. The van der Waals surface area contributed by atoms with Crippen LogP contribution in [-0.4, -0.2) is 36.6 Å². The van der Waals surface area contributed by atoms with Crippen LogP contribution in [0.15, 0.2) is 30.3 Å². The van der Waals surface area contributed by atoms with Gasteiger partial charge in [-0.15, -0.1) is 0 Å². The molecule has 0 saturated carbocycles. The zero-order valence-corrected chi connectivity index (χ0v) is 11.3. The molecule has 0 aromatic heterocycles. The van der Waals surface area contributed by atoms with Crippen LogP contribution >= 0.6 is 0 Å². The number of ketones is 1. The van der Waals surface area contributed by atoms with E-state index in [2.05, 4.69) is 4.90 Å². The highest BCUT2D eigenvalue weighted by Crippen LogP contribution is 2.15. The molecule has 1 saturated heterocycles. The highest BCUT2D eigenvalue weighted by Gasteiger charge is 2.18. The van der Waals surface area contributed by atoms with Crippen molar-refractivity contribution in [1.29, 1.82) is 0 Å². The molecule has 1 heterocycles. The number of aldehydes is 1. The van der Waals surface area contributed by atoms with Crippen LogP contribution in [0.1, 0.15) is 36.0 Å². The van der Waals surface area contributed by atoms with Crippen molar-refractivity contribution in [3.05, 3.63) is 35.9 Å². The molecular formula is C16H21NO2. The summed E-state index contributed by atoms with van der Waals surface area (Å²) in [5.41, 5.74) is 0.808. The van der Waals surface area contributed by atoms with Gasteiger partial charge in [0.1, 0.15) is 6.29 Å². The monoisotopic (exact) mass is 259 g/mol. The van der Waals surface area contributed by atoms with E-state index in [1.54, 1.807) is 0 Å². The maximum atomic E-state index is 11.9.